The fraction of sp³-hybridized carbons (Fsp3) is 1.00. The van der Waals surface area contributed by atoms with Crippen LogP contribution in [0.3, 0.4) is 0 Å². The van der Waals surface area contributed by atoms with Crippen LogP contribution in [-0.4, -0.2) is 31.5 Å². The molecule has 0 fully saturated rings. The number of aliphatic hydroxyl groups excluding tert-OH is 1. The van der Waals surface area contributed by atoms with E-state index in [0.29, 0.717) is 13.2 Å². The molecule has 4 nitrogen and oxygen atoms in total. The van der Waals surface area contributed by atoms with Crippen LogP contribution in [0, 0.1) is 5.41 Å². The van der Waals surface area contributed by atoms with Gasteiger partial charge in [-0.15, -0.1) is 0 Å². The maximum atomic E-state index is 8.88. The van der Waals surface area contributed by atoms with Crippen molar-refractivity contribution >= 4 is 8.60 Å². The van der Waals surface area contributed by atoms with Gasteiger partial charge in [0.2, 0.25) is 0 Å². The Labute approximate surface area is 151 Å². The van der Waals surface area contributed by atoms with E-state index in [1.54, 1.807) is 0 Å². The van der Waals surface area contributed by atoms with Crippen molar-refractivity contribution in [1.82, 2.24) is 0 Å². The van der Waals surface area contributed by atoms with Gasteiger partial charge in [0.05, 0.1) is 26.4 Å². The first-order chi connectivity index (χ1) is 11.5. The van der Waals surface area contributed by atoms with E-state index >= 15 is 0 Å². The van der Waals surface area contributed by atoms with Crippen LogP contribution in [0.4, 0.5) is 0 Å². The van der Waals surface area contributed by atoms with Gasteiger partial charge in [0.15, 0.2) is 0 Å². The molecule has 0 spiro atoms. The van der Waals surface area contributed by atoms with Crippen molar-refractivity contribution < 1.29 is 18.7 Å². The molecule has 5 heteroatoms. The van der Waals surface area contributed by atoms with Gasteiger partial charge in [-0.25, -0.2) is 0 Å². The average Bonchev–Trinajstić information content (AvgIpc) is 2.53. The highest BCUT2D eigenvalue weighted by Crippen LogP contribution is 2.41. The monoisotopic (exact) mass is 364 g/mol. The van der Waals surface area contributed by atoms with Crippen molar-refractivity contribution in [3.05, 3.63) is 0 Å². The summed E-state index contributed by atoms with van der Waals surface area (Å²) in [6, 6.07) is 0. The SMILES string of the molecule is CCCCCCCCCCCCOP(OCCO)OCC(C)(C)C. The summed E-state index contributed by atoms with van der Waals surface area (Å²) < 4.78 is 16.9. The molecular formula is C19H41O4P. The van der Waals surface area contributed by atoms with Crippen molar-refractivity contribution in [3.63, 3.8) is 0 Å². The molecule has 0 saturated carbocycles. The second-order valence-corrected chi connectivity index (χ2v) is 8.85. The predicted molar refractivity (Wildman–Crippen MR) is 103 cm³/mol. The summed E-state index contributed by atoms with van der Waals surface area (Å²) in [4.78, 5) is 0. The first-order valence-corrected chi connectivity index (χ1v) is 10.9. The molecule has 0 radical (unpaired) electrons. The highest BCUT2D eigenvalue weighted by Gasteiger charge is 2.18. The van der Waals surface area contributed by atoms with Crippen LogP contribution in [0.25, 0.3) is 0 Å². The first kappa shape index (κ1) is 24.3. The third-order valence-corrected chi connectivity index (χ3v) is 4.71. The molecule has 0 aliphatic heterocycles. The minimum absolute atomic E-state index is 0.000667. The molecular weight excluding hydrogens is 323 g/mol. The van der Waals surface area contributed by atoms with Gasteiger partial charge in [-0.05, 0) is 11.8 Å². The molecule has 1 atom stereocenters. The third-order valence-electron chi connectivity index (χ3n) is 3.59. The molecule has 0 heterocycles. The Hall–Kier alpha value is 0.270. The smallest absolute Gasteiger partial charge is 0.332 e. The lowest BCUT2D eigenvalue weighted by atomic mass is 9.99. The van der Waals surface area contributed by atoms with E-state index in [1.165, 1.54) is 57.8 Å². The van der Waals surface area contributed by atoms with Crippen LogP contribution in [0.2, 0.25) is 0 Å². The molecule has 0 bridgehead atoms. The predicted octanol–water partition coefficient (Wildman–Crippen LogP) is 6.22. The van der Waals surface area contributed by atoms with Crippen molar-refractivity contribution in [2.75, 3.05) is 26.4 Å². The van der Waals surface area contributed by atoms with Crippen molar-refractivity contribution in [3.8, 4) is 0 Å². The molecule has 0 rings (SSSR count). The maximum absolute atomic E-state index is 8.88. The number of aliphatic hydroxyl groups is 1. The summed E-state index contributed by atoms with van der Waals surface area (Å²) in [5.74, 6) is 0. The Morgan fingerprint density at radius 2 is 1.21 bits per heavy atom. The molecule has 0 aromatic carbocycles. The zero-order valence-electron chi connectivity index (χ0n) is 16.5. The number of unbranched alkanes of at least 4 members (excludes halogenated alkanes) is 9. The van der Waals surface area contributed by atoms with Gasteiger partial charge in [0.25, 0.3) is 0 Å². The van der Waals surface area contributed by atoms with Gasteiger partial charge in [-0.2, -0.15) is 0 Å². The van der Waals surface area contributed by atoms with Crippen LogP contribution in [0.1, 0.15) is 91.9 Å². The molecule has 0 aliphatic rings. The summed E-state index contributed by atoms with van der Waals surface area (Å²) in [6.45, 7) is 10.2. The molecule has 0 aromatic rings. The molecule has 146 valence electrons. The molecule has 1 N–H and O–H groups in total. The molecule has 24 heavy (non-hydrogen) atoms. The maximum Gasteiger partial charge on any atom is 0.332 e. The van der Waals surface area contributed by atoms with E-state index in [4.69, 9.17) is 18.7 Å². The van der Waals surface area contributed by atoms with Crippen molar-refractivity contribution in [2.45, 2.75) is 91.9 Å². The first-order valence-electron chi connectivity index (χ1n) is 9.79. The van der Waals surface area contributed by atoms with Gasteiger partial charge in [-0.1, -0.05) is 85.5 Å². The lowest BCUT2D eigenvalue weighted by Crippen LogP contribution is -2.14. The number of rotatable bonds is 17. The minimum Gasteiger partial charge on any atom is -0.394 e. The zero-order valence-corrected chi connectivity index (χ0v) is 17.4. The largest absolute Gasteiger partial charge is 0.394 e. The third kappa shape index (κ3) is 18.6. The Bertz CT molecular complexity index is 256. The Balaban J connectivity index is 3.54. The molecule has 0 saturated heterocycles. The van der Waals surface area contributed by atoms with Gasteiger partial charge in [0.1, 0.15) is 0 Å². The normalized spacial score (nSPS) is 13.4. The highest BCUT2D eigenvalue weighted by atomic mass is 31.2. The van der Waals surface area contributed by atoms with Crippen LogP contribution in [0.15, 0.2) is 0 Å². The number of hydrogen-bond donors (Lipinski definition) is 1. The topological polar surface area (TPSA) is 47.9 Å². The Morgan fingerprint density at radius 1 is 0.708 bits per heavy atom. The molecule has 0 aromatic heterocycles. The Morgan fingerprint density at radius 3 is 1.71 bits per heavy atom. The zero-order chi connectivity index (χ0) is 18.1. The minimum atomic E-state index is -1.33. The van der Waals surface area contributed by atoms with E-state index in [1.807, 2.05) is 0 Å². The van der Waals surface area contributed by atoms with Crippen LogP contribution < -0.4 is 0 Å². The van der Waals surface area contributed by atoms with E-state index in [9.17, 15) is 0 Å². The van der Waals surface area contributed by atoms with Crippen LogP contribution >= 0.6 is 8.60 Å². The van der Waals surface area contributed by atoms with E-state index in [-0.39, 0.29) is 18.6 Å². The fourth-order valence-electron chi connectivity index (χ4n) is 2.20. The van der Waals surface area contributed by atoms with Gasteiger partial charge in [-0.3, -0.25) is 0 Å². The Kier molecular flexibility index (Phi) is 16.9. The quantitative estimate of drug-likeness (QED) is 0.246. The lowest BCUT2D eigenvalue weighted by molar-refractivity contribution is 0.108. The van der Waals surface area contributed by atoms with Gasteiger partial charge >= 0.3 is 8.60 Å². The molecule has 0 amide bonds. The number of hydrogen-bond acceptors (Lipinski definition) is 4. The molecule has 1 unspecified atom stereocenters. The average molecular weight is 365 g/mol. The summed E-state index contributed by atoms with van der Waals surface area (Å²) >= 11 is 0. The lowest BCUT2D eigenvalue weighted by Gasteiger charge is -2.22. The summed E-state index contributed by atoms with van der Waals surface area (Å²) in [5, 5.41) is 8.88. The van der Waals surface area contributed by atoms with Crippen LogP contribution in [-0.2, 0) is 13.6 Å². The molecule has 0 aliphatic carbocycles. The summed E-state index contributed by atoms with van der Waals surface area (Å²) in [7, 11) is -1.33. The van der Waals surface area contributed by atoms with Crippen LogP contribution in [0.5, 0.6) is 0 Å². The standard InChI is InChI=1S/C19H41O4P/c1-5-6-7-8-9-10-11-12-13-14-16-21-24(22-17-15-20)23-18-19(2,3)4/h20H,5-18H2,1-4H3. The van der Waals surface area contributed by atoms with E-state index in [0.717, 1.165) is 6.42 Å². The van der Waals surface area contributed by atoms with Crippen molar-refractivity contribution in [2.24, 2.45) is 5.41 Å². The van der Waals surface area contributed by atoms with E-state index in [2.05, 4.69) is 27.7 Å². The van der Waals surface area contributed by atoms with Crippen molar-refractivity contribution in [1.29, 1.82) is 0 Å². The highest BCUT2D eigenvalue weighted by molar-refractivity contribution is 7.41. The summed E-state index contributed by atoms with van der Waals surface area (Å²) in [5.41, 5.74) is 0.0870. The summed E-state index contributed by atoms with van der Waals surface area (Å²) in [6.07, 6.45) is 13.1. The second kappa shape index (κ2) is 16.7. The van der Waals surface area contributed by atoms with Gasteiger partial charge < -0.3 is 18.7 Å². The van der Waals surface area contributed by atoms with E-state index < -0.39 is 8.60 Å². The fourth-order valence-corrected chi connectivity index (χ4v) is 3.43. The van der Waals surface area contributed by atoms with Gasteiger partial charge in [0, 0.05) is 0 Å². The second-order valence-electron chi connectivity index (χ2n) is 7.63.